The molecule has 0 radical (unpaired) electrons. The largest absolute Gasteiger partial charge is 0.482 e. The maximum Gasteiger partial charge on any atom is 0.344 e. The smallest absolute Gasteiger partial charge is 0.344 e. The van der Waals surface area contributed by atoms with Gasteiger partial charge in [-0.05, 0) is 92.8 Å². The number of carbonyl (C=O) groups is 3. The van der Waals surface area contributed by atoms with Crippen LogP contribution < -0.4 is 10.1 Å². The number of esters is 2. The van der Waals surface area contributed by atoms with E-state index in [0.717, 1.165) is 45.6 Å². The lowest BCUT2D eigenvalue weighted by Gasteiger charge is -2.19. The third-order valence-corrected chi connectivity index (χ3v) is 9.25. The number of aromatic nitrogens is 2. The molecular weight excluding hydrogens is 739 g/mol. The number of hydrogen-bond acceptors (Lipinski definition) is 7. The minimum Gasteiger partial charge on any atom is -0.482 e. The van der Waals surface area contributed by atoms with Gasteiger partial charge in [0.2, 0.25) is 5.91 Å². The summed E-state index contributed by atoms with van der Waals surface area (Å²) in [5, 5.41) is 3.06. The van der Waals surface area contributed by atoms with Gasteiger partial charge >= 0.3 is 11.9 Å². The number of benzene rings is 5. The zero-order valence-corrected chi connectivity index (χ0v) is 33.8. The van der Waals surface area contributed by atoms with Crippen molar-refractivity contribution < 1.29 is 28.6 Å². The van der Waals surface area contributed by atoms with Crippen molar-refractivity contribution in [2.75, 3.05) is 19.8 Å². The second kappa shape index (κ2) is 19.9. The van der Waals surface area contributed by atoms with Crippen LogP contribution in [0.4, 0.5) is 0 Å². The van der Waals surface area contributed by atoms with Crippen LogP contribution in [0.2, 0.25) is 0 Å². The first-order valence-corrected chi connectivity index (χ1v) is 19.7. The van der Waals surface area contributed by atoms with E-state index >= 15 is 0 Å². The van der Waals surface area contributed by atoms with Gasteiger partial charge in [-0.2, -0.15) is 0 Å². The predicted octanol–water partition coefficient (Wildman–Crippen LogP) is 10.1. The fourth-order valence-electron chi connectivity index (χ4n) is 6.48. The fourth-order valence-corrected chi connectivity index (χ4v) is 6.48. The molecular formula is C50H49N3O6. The molecule has 59 heavy (non-hydrogen) atoms. The topological polar surface area (TPSA) is 120 Å². The molecule has 0 aliphatic heterocycles. The zero-order chi connectivity index (χ0) is 41.6. The van der Waals surface area contributed by atoms with Gasteiger partial charge in [-0.1, -0.05) is 109 Å². The molecule has 1 amide bonds. The maximum atomic E-state index is 12.9. The van der Waals surface area contributed by atoms with Gasteiger partial charge in [0, 0.05) is 41.3 Å². The number of nitrogens with one attached hydrogen (secondary N) is 2. The summed E-state index contributed by atoms with van der Waals surface area (Å²) in [6.45, 7) is 7.85. The Balaban J connectivity index is 1.17. The number of aromatic amines is 1. The molecule has 2 N–H and O–H groups in total. The van der Waals surface area contributed by atoms with Crippen LogP contribution in [0.5, 0.6) is 5.75 Å². The Labute approximate surface area is 345 Å². The summed E-state index contributed by atoms with van der Waals surface area (Å²) in [5.74, 6) is 0.360. The van der Waals surface area contributed by atoms with E-state index in [1.165, 1.54) is 17.2 Å². The molecule has 0 saturated heterocycles. The van der Waals surface area contributed by atoms with Crippen molar-refractivity contribution in [3.8, 4) is 39.7 Å². The van der Waals surface area contributed by atoms with Crippen LogP contribution in [0.3, 0.4) is 0 Å². The Hall–Kier alpha value is -7.00. The molecule has 1 aromatic heterocycles. The van der Waals surface area contributed by atoms with Gasteiger partial charge in [0.15, 0.2) is 6.61 Å². The van der Waals surface area contributed by atoms with Crippen molar-refractivity contribution in [1.82, 2.24) is 15.3 Å². The molecule has 1 heterocycles. The summed E-state index contributed by atoms with van der Waals surface area (Å²) in [7, 11) is 0. The van der Waals surface area contributed by atoms with Gasteiger partial charge in [-0.3, -0.25) is 4.79 Å². The van der Waals surface area contributed by atoms with Crippen LogP contribution in [0.25, 0.3) is 46.1 Å². The summed E-state index contributed by atoms with van der Waals surface area (Å²) < 4.78 is 16.1. The fraction of sp³-hybridized carbons (Fsp3) is 0.200. The van der Waals surface area contributed by atoms with Crippen molar-refractivity contribution in [1.29, 1.82) is 0 Å². The number of H-pyrrole nitrogens is 1. The van der Waals surface area contributed by atoms with E-state index < -0.39 is 17.5 Å². The molecule has 9 heteroatoms. The zero-order valence-electron chi connectivity index (χ0n) is 33.8. The Morgan fingerprint density at radius 3 is 1.85 bits per heavy atom. The van der Waals surface area contributed by atoms with Crippen molar-refractivity contribution >= 4 is 30.0 Å². The third-order valence-electron chi connectivity index (χ3n) is 9.25. The van der Waals surface area contributed by atoms with Crippen LogP contribution in [-0.2, 0) is 23.9 Å². The normalized spacial score (nSPS) is 11.5. The Kier molecular flexibility index (Phi) is 14.1. The molecule has 9 nitrogen and oxygen atoms in total. The van der Waals surface area contributed by atoms with E-state index in [0.29, 0.717) is 24.7 Å². The first-order valence-electron chi connectivity index (χ1n) is 19.7. The van der Waals surface area contributed by atoms with E-state index in [1.807, 2.05) is 118 Å². The lowest BCUT2D eigenvalue weighted by Crippen LogP contribution is -2.27. The summed E-state index contributed by atoms with van der Waals surface area (Å²) in [5.41, 5.74) is 7.66. The Morgan fingerprint density at radius 2 is 1.27 bits per heavy atom. The number of ether oxygens (including phenoxy) is 3. The molecule has 300 valence electrons. The number of rotatable bonds is 16. The molecule has 0 atom stereocenters. The highest BCUT2D eigenvalue weighted by Gasteiger charge is 2.19. The maximum absolute atomic E-state index is 12.9. The molecule has 0 spiro atoms. The molecule has 6 rings (SSSR count). The highest BCUT2D eigenvalue weighted by Crippen LogP contribution is 2.34. The monoisotopic (exact) mass is 787 g/mol. The van der Waals surface area contributed by atoms with E-state index in [4.69, 9.17) is 19.2 Å². The van der Waals surface area contributed by atoms with Crippen molar-refractivity contribution in [3.05, 3.63) is 168 Å². The molecule has 0 unspecified atom stereocenters. The van der Waals surface area contributed by atoms with Gasteiger partial charge in [0.05, 0.1) is 18.0 Å². The molecule has 0 aliphatic rings. The standard InChI is InChI=1S/C50H49N3O6/c1-5-57-45(55)31-21-36-18-24-41(25-19-36)49-52-47(48(53-49)40-26-28-42(29-27-40)58-34-46(56)59-50(2,3)4)39-22-16-35(17-23-39)20-30-44(54)51-33-32-43(37-12-8-6-9-13-37)38-14-10-7-11-15-38/h6-31,43H,5,32-34H2,1-4H3,(H,51,54)(H,52,53)/b30-20+,31-21+. The van der Waals surface area contributed by atoms with Crippen molar-refractivity contribution in [3.63, 3.8) is 0 Å². The Morgan fingerprint density at radius 1 is 0.712 bits per heavy atom. The summed E-state index contributed by atoms with van der Waals surface area (Å²) in [4.78, 5) is 45.5. The predicted molar refractivity (Wildman–Crippen MR) is 233 cm³/mol. The molecule has 0 aliphatic carbocycles. The minimum absolute atomic E-state index is 0.157. The summed E-state index contributed by atoms with van der Waals surface area (Å²) >= 11 is 0. The average Bonchev–Trinajstić information content (AvgIpc) is 3.69. The highest BCUT2D eigenvalue weighted by atomic mass is 16.6. The van der Waals surface area contributed by atoms with Crippen LogP contribution >= 0.6 is 0 Å². The van der Waals surface area contributed by atoms with Crippen LogP contribution in [-0.4, -0.2) is 53.2 Å². The van der Waals surface area contributed by atoms with E-state index in [2.05, 4.69) is 34.6 Å². The third kappa shape index (κ3) is 12.2. The van der Waals surface area contributed by atoms with Gasteiger partial charge in [0.25, 0.3) is 0 Å². The number of imidazole rings is 1. The van der Waals surface area contributed by atoms with Gasteiger partial charge in [-0.15, -0.1) is 0 Å². The van der Waals surface area contributed by atoms with Crippen molar-refractivity contribution in [2.45, 2.75) is 45.6 Å². The molecule has 6 aromatic rings. The first kappa shape index (κ1) is 41.6. The van der Waals surface area contributed by atoms with Crippen LogP contribution in [0.15, 0.2) is 146 Å². The molecule has 0 fully saturated rings. The minimum atomic E-state index is -0.600. The van der Waals surface area contributed by atoms with Crippen LogP contribution in [0, 0.1) is 0 Å². The summed E-state index contributed by atoms with van der Waals surface area (Å²) in [6.07, 6.45) is 7.25. The lowest BCUT2D eigenvalue weighted by atomic mass is 9.88. The van der Waals surface area contributed by atoms with Gasteiger partial charge < -0.3 is 24.5 Å². The number of hydrogen-bond donors (Lipinski definition) is 2. The summed E-state index contributed by atoms with van der Waals surface area (Å²) in [6, 6.07) is 43.7. The van der Waals surface area contributed by atoms with E-state index in [1.54, 1.807) is 37.3 Å². The second-order valence-corrected chi connectivity index (χ2v) is 14.8. The van der Waals surface area contributed by atoms with E-state index in [-0.39, 0.29) is 18.4 Å². The Bertz CT molecular complexity index is 2320. The van der Waals surface area contributed by atoms with Gasteiger partial charge in [-0.25, -0.2) is 14.6 Å². The number of carbonyl (C=O) groups excluding carboxylic acids is 3. The molecule has 0 bridgehead atoms. The number of amides is 1. The lowest BCUT2D eigenvalue weighted by molar-refractivity contribution is -0.157. The van der Waals surface area contributed by atoms with Crippen molar-refractivity contribution in [2.24, 2.45) is 0 Å². The average molecular weight is 788 g/mol. The second-order valence-electron chi connectivity index (χ2n) is 14.8. The van der Waals surface area contributed by atoms with Gasteiger partial charge in [0.1, 0.15) is 17.2 Å². The highest BCUT2D eigenvalue weighted by molar-refractivity contribution is 5.92. The quantitative estimate of drug-likeness (QED) is 0.0740. The molecule has 0 saturated carbocycles. The van der Waals surface area contributed by atoms with E-state index in [9.17, 15) is 14.4 Å². The molecule has 5 aromatic carbocycles. The van der Waals surface area contributed by atoms with Crippen LogP contribution in [0.1, 0.15) is 62.3 Å². The SMILES string of the molecule is CCOC(=O)/C=C/c1ccc(-c2nc(-c3ccc(OCC(=O)OC(C)(C)C)cc3)c(-c3ccc(/C=C/C(=O)NCCC(c4ccccc4)c4ccccc4)cc3)[nH]2)cc1. The first-order chi connectivity index (χ1) is 28.5. The number of nitrogens with zero attached hydrogens (tertiary/aromatic N) is 1.